The molecule has 1 aliphatic rings. The summed E-state index contributed by atoms with van der Waals surface area (Å²) in [5.74, 6) is -1.04. The summed E-state index contributed by atoms with van der Waals surface area (Å²) in [6.07, 6.45) is -4.56. The molecule has 2 aromatic carbocycles. The van der Waals surface area contributed by atoms with Crippen LogP contribution < -0.4 is 4.74 Å². The van der Waals surface area contributed by atoms with E-state index < -0.39 is 35.2 Å². The summed E-state index contributed by atoms with van der Waals surface area (Å²) in [5, 5.41) is 11.1. The Morgan fingerprint density at radius 3 is 2.43 bits per heavy atom. The Labute approximate surface area is 199 Å². The summed E-state index contributed by atoms with van der Waals surface area (Å²) in [5.41, 5.74) is 0.0793. The van der Waals surface area contributed by atoms with Gasteiger partial charge in [0.2, 0.25) is 0 Å². The second-order valence-corrected chi connectivity index (χ2v) is 8.26. The van der Waals surface area contributed by atoms with Crippen molar-refractivity contribution in [1.82, 2.24) is 4.90 Å². The molecule has 1 saturated heterocycles. The summed E-state index contributed by atoms with van der Waals surface area (Å²) < 4.78 is 50.5. The van der Waals surface area contributed by atoms with Gasteiger partial charge in [0.05, 0.1) is 18.2 Å². The summed E-state index contributed by atoms with van der Waals surface area (Å²) in [6, 6.07) is 11.4. The van der Waals surface area contributed by atoms with Crippen molar-refractivity contribution in [3.8, 4) is 5.75 Å². The Bertz CT molecular complexity index is 1340. The van der Waals surface area contributed by atoms with Gasteiger partial charge in [-0.3, -0.25) is 9.59 Å². The average Bonchev–Trinajstić information content (AvgIpc) is 3.34. The molecule has 9 heteroatoms. The molecule has 0 radical (unpaired) electrons. The van der Waals surface area contributed by atoms with E-state index in [1.807, 2.05) is 0 Å². The van der Waals surface area contributed by atoms with Crippen LogP contribution in [0.3, 0.4) is 0 Å². The van der Waals surface area contributed by atoms with E-state index in [-0.39, 0.29) is 29.0 Å². The van der Waals surface area contributed by atoms with E-state index in [4.69, 9.17) is 9.15 Å². The molecule has 0 saturated carbocycles. The van der Waals surface area contributed by atoms with E-state index >= 15 is 0 Å². The maximum Gasteiger partial charge on any atom is 0.416 e. The van der Waals surface area contributed by atoms with Crippen molar-refractivity contribution in [2.45, 2.75) is 32.6 Å². The number of hydrogen-bond acceptors (Lipinski definition) is 5. The first-order chi connectivity index (χ1) is 16.5. The molecule has 0 aliphatic carbocycles. The largest absolute Gasteiger partial charge is 0.507 e. The fourth-order valence-electron chi connectivity index (χ4n) is 4.16. The minimum absolute atomic E-state index is 0.176. The molecular formula is C26H22F3NO5. The number of carbonyl (C=O) groups excluding carboxylic acids is 2. The number of ether oxygens (including phenoxy) is 1. The minimum Gasteiger partial charge on any atom is -0.507 e. The molecule has 6 nitrogen and oxygen atoms in total. The molecule has 1 atom stereocenters. The number of likely N-dealkylation sites (tertiary alicyclic amines) is 1. The fraction of sp³-hybridized carbons (Fsp3) is 0.231. The number of methoxy groups -OCH3 is 1. The van der Waals surface area contributed by atoms with Gasteiger partial charge in [-0.2, -0.15) is 13.2 Å². The van der Waals surface area contributed by atoms with E-state index in [1.54, 1.807) is 44.2 Å². The third-order valence-electron chi connectivity index (χ3n) is 5.85. The third kappa shape index (κ3) is 4.53. The maximum absolute atomic E-state index is 13.2. The van der Waals surface area contributed by atoms with Crippen molar-refractivity contribution in [3.05, 3.63) is 93.9 Å². The lowest BCUT2D eigenvalue weighted by molar-refractivity contribution is -0.140. The first-order valence-corrected chi connectivity index (χ1v) is 10.7. The van der Waals surface area contributed by atoms with Crippen LogP contribution in [0.1, 0.15) is 39.8 Å². The zero-order valence-corrected chi connectivity index (χ0v) is 19.1. The van der Waals surface area contributed by atoms with Crippen LogP contribution in [0, 0.1) is 13.8 Å². The summed E-state index contributed by atoms with van der Waals surface area (Å²) in [4.78, 5) is 27.2. The monoisotopic (exact) mass is 485 g/mol. The lowest BCUT2D eigenvalue weighted by Crippen LogP contribution is -2.29. The molecule has 35 heavy (non-hydrogen) atoms. The van der Waals surface area contributed by atoms with Gasteiger partial charge < -0.3 is 19.2 Å². The molecule has 1 unspecified atom stereocenters. The van der Waals surface area contributed by atoms with Gasteiger partial charge in [0.15, 0.2) is 0 Å². The molecule has 3 aromatic rings. The van der Waals surface area contributed by atoms with Crippen LogP contribution in [0.4, 0.5) is 13.2 Å². The highest BCUT2D eigenvalue weighted by Crippen LogP contribution is 2.41. The Morgan fingerprint density at radius 2 is 1.83 bits per heavy atom. The van der Waals surface area contributed by atoms with Crippen LogP contribution >= 0.6 is 0 Å². The predicted molar refractivity (Wildman–Crippen MR) is 120 cm³/mol. The first kappa shape index (κ1) is 24.1. The second-order valence-electron chi connectivity index (χ2n) is 8.26. The maximum atomic E-state index is 13.2. The van der Waals surface area contributed by atoms with Crippen molar-refractivity contribution in [3.63, 3.8) is 0 Å². The number of aliphatic hydroxyl groups excluding tert-OH is 1. The van der Waals surface area contributed by atoms with Gasteiger partial charge in [0.1, 0.15) is 29.1 Å². The van der Waals surface area contributed by atoms with Gasteiger partial charge in [-0.05, 0) is 67.4 Å². The number of alkyl halides is 3. The van der Waals surface area contributed by atoms with Crippen LogP contribution in [0.5, 0.6) is 5.75 Å². The van der Waals surface area contributed by atoms with Crippen LogP contribution in [-0.4, -0.2) is 28.8 Å². The van der Waals surface area contributed by atoms with Crippen molar-refractivity contribution in [1.29, 1.82) is 0 Å². The predicted octanol–water partition coefficient (Wildman–Crippen LogP) is 5.55. The van der Waals surface area contributed by atoms with Crippen LogP contribution in [0.2, 0.25) is 0 Å². The van der Waals surface area contributed by atoms with Crippen molar-refractivity contribution < 1.29 is 37.0 Å². The SMILES string of the molecule is COc1ccc(/C(O)=C2/C(=O)C(=O)N(Cc3cccc(C(F)(F)F)c3)C2c2ccc(C)o2)cc1C. The zero-order valence-electron chi connectivity index (χ0n) is 19.1. The highest BCUT2D eigenvalue weighted by Gasteiger charge is 2.47. The van der Waals surface area contributed by atoms with E-state index in [0.29, 0.717) is 17.1 Å². The standard InChI is InChI=1S/C26H22F3NO5/c1-14-11-17(8-10-19(14)34-3)23(31)21-22(20-9-7-15(2)35-20)30(25(33)24(21)32)13-16-5-4-6-18(12-16)26(27,28)29/h4-12,22,31H,13H2,1-3H3/b23-21-. The molecule has 0 spiro atoms. The summed E-state index contributed by atoms with van der Waals surface area (Å²) in [7, 11) is 1.50. The Morgan fingerprint density at radius 1 is 1.09 bits per heavy atom. The number of Topliss-reactive ketones (excluding diaryl/α,β-unsaturated/α-hetero) is 1. The molecule has 4 rings (SSSR count). The number of amides is 1. The van der Waals surface area contributed by atoms with Crippen molar-refractivity contribution >= 4 is 17.4 Å². The number of benzene rings is 2. The lowest BCUT2D eigenvalue weighted by Gasteiger charge is -2.24. The molecule has 1 fully saturated rings. The summed E-state index contributed by atoms with van der Waals surface area (Å²) >= 11 is 0. The Kier molecular flexibility index (Phi) is 6.19. The molecule has 1 aliphatic heterocycles. The molecule has 2 heterocycles. The third-order valence-corrected chi connectivity index (χ3v) is 5.85. The zero-order chi connectivity index (χ0) is 25.5. The fourth-order valence-corrected chi connectivity index (χ4v) is 4.16. The second kappa shape index (κ2) is 8.98. The van der Waals surface area contributed by atoms with Crippen LogP contribution in [-0.2, 0) is 22.3 Å². The van der Waals surface area contributed by atoms with Gasteiger partial charge in [-0.25, -0.2) is 0 Å². The minimum atomic E-state index is -4.56. The number of aliphatic hydroxyl groups is 1. The van der Waals surface area contributed by atoms with Gasteiger partial charge in [0, 0.05) is 12.1 Å². The molecule has 182 valence electrons. The number of nitrogens with zero attached hydrogens (tertiary/aromatic N) is 1. The van der Waals surface area contributed by atoms with Gasteiger partial charge in [0.25, 0.3) is 11.7 Å². The average molecular weight is 485 g/mol. The Balaban J connectivity index is 1.82. The van der Waals surface area contributed by atoms with E-state index in [9.17, 15) is 27.9 Å². The number of halogens is 3. The highest BCUT2D eigenvalue weighted by molar-refractivity contribution is 6.46. The van der Waals surface area contributed by atoms with Gasteiger partial charge >= 0.3 is 6.18 Å². The lowest BCUT2D eigenvalue weighted by atomic mass is 9.98. The first-order valence-electron chi connectivity index (χ1n) is 10.7. The molecule has 0 bridgehead atoms. The number of carbonyl (C=O) groups is 2. The number of ketones is 1. The quantitative estimate of drug-likeness (QED) is 0.291. The molecule has 1 amide bonds. The topological polar surface area (TPSA) is 80.0 Å². The number of aryl methyl sites for hydroxylation is 2. The van der Waals surface area contributed by atoms with E-state index in [2.05, 4.69) is 0 Å². The van der Waals surface area contributed by atoms with Crippen LogP contribution in [0.15, 0.2) is 64.6 Å². The normalized spacial score (nSPS) is 17.8. The number of hydrogen-bond donors (Lipinski definition) is 1. The molecule has 1 aromatic heterocycles. The number of furan rings is 1. The summed E-state index contributed by atoms with van der Waals surface area (Å²) in [6.45, 7) is 3.14. The highest BCUT2D eigenvalue weighted by atomic mass is 19.4. The smallest absolute Gasteiger partial charge is 0.416 e. The van der Waals surface area contributed by atoms with E-state index in [1.165, 1.54) is 19.2 Å². The molecule has 1 N–H and O–H groups in total. The Hall–Kier alpha value is -4.01. The van der Waals surface area contributed by atoms with E-state index in [0.717, 1.165) is 17.0 Å². The van der Waals surface area contributed by atoms with Crippen molar-refractivity contribution in [2.24, 2.45) is 0 Å². The van der Waals surface area contributed by atoms with Crippen molar-refractivity contribution in [2.75, 3.05) is 7.11 Å². The van der Waals surface area contributed by atoms with Crippen LogP contribution in [0.25, 0.3) is 5.76 Å². The van der Waals surface area contributed by atoms with Gasteiger partial charge in [-0.15, -0.1) is 0 Å². The number of rotatable bonds is 5. The molecular weight excluding hydrogens is 463 g/mol. The van der Waals surface area contributed by atoms with Gasteiger partial charge in [-0.1, -0.05) is 12.1 Å².